The third kappa shape index (κ3) is 3.42. The summed E-state index contributed by atoms with van der Waals surface area (Å²) in [5, 5.41) is 7.48. The number of rotatable bonds is 3. The lowest BCUT2D eigenvalue weighted by molar-refractivity contribution is 0.424. The van der Waals surface area contributed by atoms with Crippen LogP contribution >= 0.6 is 0 Å². The molecule has 0 unspecified atom stereocenters. The highest BCUT2D eigenvalue weighted by molar-refractivity contribution is 5.17. The van der Waals surface area contributed by atoms with Crippen LogP contribution in [0.15, 0.2) is 19.0 Å². The molecule has 1 aromatic heterocycles. The molecular weight excluding hydrogens is 162 g/mol. The number of nitrogens with zero attached hydrogens (tertiary/aromatic N) is 2. The van der Waals surface area contributed by atoms with Gasteiger partial charge in [-0.2, -0.15) is 5.10 Å². The second-order valence-corrected chi connectivity index (χ2v) is 4.11. The van der Waals surface area contributed by atoms with E-state index in [0.29, 0.717) is 0 Å². The fraction of sp³-hybridized carbons (Fsp3) is 0.500. The molecule has 1 heterocycles. The van der Waals surface area contributed by atoms with Gasteiger partial charge in [0.1, 0.15) is 0 Å². The fourth-order valence-electron chi connectivity index (χ4n) is 0.936. The van der Waals surface area contributed by atoms with E-state index in [0.717, 1.165) is 6.54 Å². The van der Waals surface area contributed by atoms with E-state index < -0.39 is 0 Å². The Balaban J connectivity index is 2.50. The lowest BCUT2D eigenvalue weighted by atomic mass is 10.1. The van der Waals surface area contributed by atoms with Crippen LogP contribution in [0.5, 0.6) is 0 Å². The third-order valence-corrected chi connectivity index (χ3v) is 1.66. The van der Waals surface area contributed by atoms with Gasteiger partial charge in [0.15, 0.2) is 0 Å². The van der Waals surface area contributed by atoms with Crippen molar-refractivity contribution in [2.45, 2.75) is 32.9 Å². The van der Waals surface area contributed by atoms with Crippen molar-refractivity contribution in [3.05, 3.63) is 24.5 Å². The quantitative estimate of drug-likeness (QED) is 0.767. The maximum absolute atomic E-state index is 4.09. The Kier molecular flexibility index (Phi) is 2.88. The zero-order valence-corrected chi connectivity index (χ0v) is 8.54. The van der Waals surface area contributed by atoms with E-state index in [1.54, 1.807) is 10.9 Å². The molecule has 1 rings (SSSR count). The van der Waals surface area contributed by atoms with Gasteiger partial charge in [-0.1, -0.05) is 6.58 Å². The molecule has 1 N–H and O–H groups in total. The zero-order chi connectivity index (χ0) is 9.90. The van der Waals surface area contributed by atoms with Crippen molar-refractivity contribution in [1.29, 1.82) is 0 Å². The molecule has 0 aliphatic rings. The van der Waals surface area contributed by atoms with E-state index in [2.05, 4.69) is 37.8 Å². The van der Waals surface area contributed by atoms with Crippen molar-refractivity contribution < 1.29 is 0 Å². The summed E-state index contributed by atoms with van der Waals surface area (Å²) in [5.41, 5.74) is 1.32. The molecule has 0 amide bonds. The van der Waals surface area contributed by atoms with E-state index in [-0.39, 0.29) is 5.54 Å². The molecule has 0 saturated heterocycles. The van der Waals surface area contributed by atoms with E-state index in [4.69, 9.17) is 0 Å². The Bertz CT molecular complexity index is 281. The first-order valence-corrected chi connectivity index (χ1v) is 4.42. The highest BCUT2D eigenvalue weighted by atomic mass is 15.2. The zero-order valence-electron chi connectivity index (χ0n) is 8.54. The predicted octanol–water partition coefficient (Wildman–Crippen LogP) is 1.87. The van der Waals surface area contributed by atoms with Crippen molar-refractivity contribution in [2.75, 3.05) is 0 Å². The lowest BCUT2D eigenvalue weighted by Crippen LogP contribution is -2.34. The predicted molar refractivity (Wildman–Crippen MR) is 55.2 cm³/mol. The Morgan fingerprint density at radius 1 is 1.62 bits per heavy atom. The van der Waals surface area contributed by atoms with Gasteiger partial charge in [0.05, 0.1) is 6.20 Å². The minimum atomic E-state index is 0.149. The molecule has 0 aliphatic carbocycles. The van der Waals surface area contributed by atoms with Gasteiger partial charge in [0, 0.05) is 30.0 Å². The monoisotopic (exact) mass is 179 g/mol. The first kappa shape index (κ1) is 9.99. The summed E-state index contributed by atoms with van der Waals surface area (Å²) in [7, 11) is 0. The normalized spacial score (nSPS) is 11.6. The van der Waals surface area contributed by atoms with Crippen molar-refractivity contribution in [3.8, 4) is 0 Å². The minimum Gasteiger partial charge on any atom is -0.308 e. The van der Waals surface area contributed by atoms with E-state index in [9.17, 15) is 0 Å². The van der Waals surface area contributed by atoms with Gasteiger partial charge in [-0.25, -0.2) is 4.68 Å². The van der Waals surface area contributed by atoms with Crippen LogP contribution < -0.4 is 5.32 Å². The number of nitrogens with one attached hydrogen (secondary N) is 1. The summed E-state index contributed by atoms with van der Waals surface area (Å²) in [5.74, 6) is 0. The molecule has 0 atom stereocenters. The van der Waals surface area contributed by atoms with Gasteiger partial charge in [-0.05, 0) is 20.8 Å². The van der Waals surface area contributed by atoms with Gasteiger partial charge in [-0.15, -0.1) is 0 Å². The molecule has 0 aliphatic heterocycles. The van der Waals surface area contributed by atoms with Gasteiger partial charge < -0.3 is 5.32 Å². The van der Waals surface area contributed by atoms with E-state index in [1.165, 1.54) is 5.56 Å². The molecule has 1 aromatic rings. The number of aromatic nitrogens is 2. The summed E-state index contributed by atoms with van der Waals surface area (Å²) in [6.45, 7) is 10.9. The summed E-state index contributed by atoms with van der Waals surface area (Å²) in [6, 6.07) is 0. The number of hydrogen-bond donors (Lipinski definition) is 1. The molecule has 3 heteroatoms. The van der Waals surface area contributed by atoms with Crippen molar-refractivity contribution in [3.63, 3.8) is 0 Å². The first-order valence-electron chi connectivity index (χ1n) is 4.42. The van der Waals surface area contributed by atoms with E-state index in [1.807, 2.05) is 12.4 Å². The van der Waals surface area contributed by atoms with Gasteiger partial charge >= 0.3 is 0 Å². The molecule has 0 aromatic carbocycles. The van der Waals surface area contributed by atoms with Crippen LogP contribution in [-0.2, 0) is 6.54 Å². The fourth-order valence-corrected chi connectivity index (χ4v) is 0.936. The maximum Gasteiger partial charge on any atom is 0.0538 e. The van der Waals surface area contributed by atoms with Crippen molar-refractivity contribution in [2.24, 2.45) is 0 Å². The second-order valence-electron chi connectivity index (χ2n) is 4.11. The molecule has 0 spiro atoms. The molecule has 0 saturated carbocycles. The minimum absolute atomic E-state index is 0.149. The molecule has 0 bridgehead atoms. The number of hydrogen-bond acceptors (Lipinski definition) is 2. The van der Waals surface area contributed by atoms with Crippen LogP contribution in [0.4, 0.5) is 0 Å². The highest BCUT2D eigenvalue weighted by Crippen LogP contribution is 2.03. The average Bonchev–Trinajstić information content (AvgIpc) is 2.47. The molecule has 72 valence electrons. The SMILES string of the molecule is C=Cn1cc(CNC(C)(C)C)cn1. The molecule has 0 radical (unpaired) electrons. The molecule has 13 heavy (non-hydrogen) atoms. The largest absolute Gasteiger partial charge is 0.308 e. The second kappa shape index (κ2) is 3.75. The summed E-state index contributed by atoms with van der Waals surface area (Å²) in [6.07, 6.45) is 5.49. The molecule has 0 fully saturated rings. The van der Waals surface area contributed by atoms with Gasteiger partial charge in [0.2, 0.25) is 0 Å². The summed E-state index contributed by atoms with van der Waals surface area (Å²) < 4.78 is 1.71. The highest BCUT2D eigenvalue weighted by Gasteiger charge is 2.08. The Labute approximate surface area is 79.5 Å². The third-order valence-electron chi connectivity index (χ3n) is 1.66. The molecular formula is C10H17N3. The van der Waals surface area contributed by atoms with Crippen LogP contribution in [0.2, 0.25) is 0 Å². The van der Waals surface area contributed by atoms with Crippen molar-refractivity contribution >= 4 is 6.20 Å². The van der Waals surface area contributed by atoms with Crippen molar-refractivity contribution in [1.82, 2.24) is 15.1 Å². The van der Waals surface area contributed by atoms with Crippen LogP contribution in [0.3, 0.4) is 0 Å². The van der Waals surface area contributed by atoms with Crippen LogP contribution in [0.25, 0.3) is 6.20 Å². The van der Waals surface area contributed by atoms with Gasteiger partial charge in [-0.3, -0.25) is 0 Å². The van der Waals surface area contributed by atoms with Crippen LogP contribution in [0, 0.1) is 0 Å². The van der Waals surface area contributed by atoms with Crippen LogP contribution in [-0.4, -0.2) is 15.3 Å². The smallest absolute Gasteiger partial charge is 0.0538 e. The standard InChI is InChI=1S/C10H17N3/c1-5-13-8-9(7-12-13)6-11-10(2,3)4/h5,7-8,11H,1,6H2,2-4H3. The maximum atomic E-state index is 4.09. The van der Waals surface area contributed by atoms with Gasteiger partial charge in [0.25, 0.3) is 0 Å². The Hall–Kier alpha value is -1.09. The topological polar surface area (TPSA) is 29.9 Å². The van der Waals surface area contributed by atoms with E-state index >= 15 is 0 Å². The Morgan fingerprint density at radius 2 is 2.31 bits per heavy atom. The summed E-state index contributed by atoms with van der Waals surface area (Å²) in [4.78, 5) is 0. The first-order chi connectivity index (χ1) is 6.01. The van der Waals surface area contributed by atoms with Crippen LogP contribution in [0.1, 0.15) is 26.3 Å². The molecule has 3 nitrogen and oxygen atoms in total. The summed E-state index contributed by atoms with van der Waals surface area (Å²) >= 11 is 0. The lowest BCUT2D eigenvalue weighted by Gasteiger charge is -2.19. The Morgan fingerprint density at radius 3 is 2.77 bits per heavy atom. The average molecular weight is 179 g/mol.